The normalized spacial score (nSPS) is 9.74. The van der Waals surface area contributed by atoms with Crippen LogP contribution >= 0.6 is 0 Å². The smallest absolute Gasteiger partial charge is 0.328 e. The number of aliphatic carboxylic acids is 1. The van der Waals surface area contributed by atoms with Crippen LogP contribution in [0.3, 0.4) is 0 Å². The summed E-state index contributed by atoms with van der Waals surface area (Å²) in [6, 6.07) is 7.11. The first-order valence-corrected chi connectivity index (χ1v) is 5.78. The van der Waals surface area contributed by atoms with E-state index in [0.717, 1.165) is 6.08 Å². The van der Waals surface area contributed by atoms with E-state index in [-0.39, 0.29) is 12.4 Å². The Labute approximate surface area is 111 Å². The first-order chi connectivity index (χ1) is 9.13. The molecule has 0 bridgehead atoms. The number of esters is 1. The molecule has 0 aromatic heterocycles. The van der Waals surface area contributed by atoms with Crippen molar-refractivity contribution in [2.24, 2.45) is 0 Å². The van der Waals surface area contributed by atoms with E-state index < -0.39 is 5.97 Å². The highest BCUT2D eigenvalue weighted by molar-refractivity contribution is 5.85. The van der Waals surface area contributed by atoms with Crippen LogP contribution in [0, 0.1) is 11.8 Å². The number of carbonyl (C=O) groups excluding carboxylic acids is 1. The predicted octanol–water partition coefficient (Wildman–Crippen LogP) is 2.09. The summed E-state index contributed by atoms with van der Waals surface area (Å²) in [5.41, 5.74) is 1.37. The summed E-state index contributed by atoms with van der Waals surface area (Å²) >= 11 is 0. The summed E-state index contributed by atoms with van der Waals surface area (Å²) in [5, 5.41) is 8.59. The third kappa shape index (κ3) is 5.55. The van der Waals surface area contributed by atoms with Crippen molar-refractivity contribution in [2.75, 3.05) is 6.61 Å². The van der Waals surface area contributed by atoms with Crippen LogP contribution in [0.2, 0.25) is 0 Å². The molecule has 1 aromatic carbocycles. The molecule has 0 aliphatic carbocycles. The van der Waals surface area contributed by atoms with E-state index in [2.05, 4.69) is 11.8 Å². The van der Waals surface area contributed by atoms with Crippen LogP contribution in [0.1, 0.15) is 24.5 Å². The predicted molar refractivity (Wildman–Crippen MR) is 71.2 cm³/mol. The van der Waals surface area contributed by atoms with Crippen LogP contribution in [0.25, 0.3) is 6.08 Å². The fraction of sp³-hybridized carbons (Fsp3) is 0.200. The Morgan fingerprint density at radius 3 is 2.79 bits per heavy atom. The largest absolute Gasteiger partial charge is 0.478 e. The molecule has 4 heteroatoms. The molecule has 0 atom stereocenters. The lowest BCUT2D eigenvalue weighted by Gasteiger charge is -1.97. The van der Waals surface area contributed by atoms with E-state index in [1.54, 1.807) is 31.2 Å². The highest BCUT2D eigenvalue weighted by Gasteiger charge is 1.98. The van der Waals surface area contributed by atoms with Gasteiger partial charge in [0.25, 0.3) is 0 Å². The molecular weight excluding hydrogens is 244 g/mol. The van der Waals surface area contributed by atoms with Crippen molar-refractivity contribution in [3.05, 3.63) is 41.5 Å². The average Bonchev–Trinajstić information content (AvgIpc) is 2.38. The van der Waals surface area contributed by atoms with Gasteiger partial charge >= 0.3 is 11.9 Å². The molecule has 0 saturated heterocycles. The Balaban J connectivity index is 2.81. The summed E-state index contributed by atoms with van der Waals surface area (Å²) in [6.45, 7) is 2.07. The van der Waals surface area contributed by atoms with Crippen LogP contribution in [0.5, 0.6) is 0 Å². The molecule has 0 saturated carbocycles. The number of carboxylic acid groups (broad SMARTS) is 1. The lowest BCUT2D eigenvalue weighted by atomic mass is 10.1. The summed E-state index contributed by atoms with van der Waals surface area (Å²) < 4.78 is 4.76. The van der Waals surface area contributed by atoms with Crippen molar-refractivity contribution >= 4 is 18.0 Å². The Bertz CT molecular complexity index is 547. The van der Waals surface area contributed by atoms with Gasteiger partial charge in [-0.3, -0.25) is 4.79 Å². The van der Waals surface area contributed by atoms with Crippen molar-refractivity contribution in [3.8, 4) is 11.8 Å². The maximum Gasteiger partial charge on any atom is 0.328 e. The van der Waals surface area contributed by atoms with Gasteiger partial charge in [0.2, 0.25) is 0 Å². The van der Waals surface area contributed by atoms with Gasteiger partial charge in [0.1, 0.15) is 6.42 Å². The maximum absolute atomic E-state index is 11.1. The van der Waals surface area contributed by atoms with Crippen LogP contribution in [-0.2, 0) is 14.3 Å². The van der Waals surface area contributed by atoms with Gasteiger partial charge < -0.3 is 9.84 Å². The Kier molecular flexibility index (Phi) is 5.90. The fourth-order valence-corrected chi connectivity index (χ4v) is 1.34. The molecule has 0 aliphatic heterocycles. The van der Waals surface area contributed by atoms with Gasteiger partial charge in [-0.05, 0) is 24.6 Å². The van der Waals surface area contributed by atoms with Crippen LogP contribution < -0.4 is 0 Å². The van der Waals surface area contributed by atoms with Gasteiger partial charge in [-0.25, -0.2) is 4.79 Å². The molecule has 19 heavy (non-hydrogen) atoms. The molecule has 1 aromatic rings. The first-order valence-electron chi connectivity index (χ1n) is 5.78. The zero-order valence-corrected chi connectivity index (χ0v) is 10.6. The molecule has 1 N–H and O–H groups in total. The number of rotatable bonds is 4. The second-order valence-electron chi connectivity index (χ2n) is 3.54. The van der Waals surface area contributed by atoms with E-state index in [9.17, 15) is 9.59 Å². The summed E-state index contributed by atoms with van der Waals surface area (Å²) in [4.78, 5) is 21.6. The molecule has 98 valence electrons. The van der Waals surface area contributed by atoms with Gasteiger partial charge in [-0.2, -0.15) is 0 Å². The summed E-state index contributed by atoms with van der Waals surface area (Å²) in [5.74, 6) is 4.15. The lowest BCUT2D eigenvalue weighted by molar-refractivity contribution is -0.141. The Hall–Kier alpha value is -2.54. The van der Waals surface area contributed by atoms with E-state index in [0.29, 0.717) is 17.7 Å². The van der Waals surface area contributed by atoms with E-state index >= 15 is 0 Å². The van der Waals surface area contributed by atoms with Gasteiger partial charge in [-0.15, -0.1) is 0 Å². The molecule has 4 nitrogen and oxygen atoms in total. The monoisotopic (exact) mass is 258 g/mol. The summed E-state index contributed by atoms with van der Waals surface area (Å²) in [6.07, 6.45) is 2.54. The SMILES string of the molecule is CCOC(=O)CC#Cc1ccccc1/C=C/C(=O)O. The third-order valence-corrected chi connectivity index (χ3v) is 2.13. The maximum atomic E-state index is 11.1. The van der Waals surface area contributed by atoms with Crippen LogP contribution in [0.4, 0.5) is 0 Å². The van der Waals surface area contributed by atoms with E-state index in [1.807, 2.05) is 0 Å². The molecule has 0 radical (unpaired) electrons. The van der Waals surface area contributed by atoms with Gasteiger partial charge in [0.05, 0.1) is 6.61 Å². The molecule has 0 spiro atoms. The molecule has 1 rings (SSSR count). The van der Waals surface area contributed by atoms with E-state index in [1.165, 1.54) is 6.08 Å². The minimum Gasteiger partial charge on any atom is -0.478 e. The molecule has 0 amide bonds. The van der Waals surface area contributed by atoms with Gasteiger partial charge in [0.15, 0.2) is 0 Å². The van der Waals surface area contributed by atoms with E-state index in [4.69, 9.17) is 9.84 Å². The topological polar surface area (TPSA) is 63.6 Å². The van der Waals surface area contributed by atoms with Crippen molar-refractivity contribution in [3.63, 3.8) is 0 Å². The van der Waals surface area contributed by atoms with Crippen LogP contribution in [-0.4, -0.2) is 23.7 Å². The fourth-order valence-electron chi connectivity index (χ4n) is 1.34. The molecule has 0 fully saturated rings. The Morgan fingerprint density at radius 1 is 1.37 bits per heavy atom. The second kappa shape index (κ2) is 7.72. The molecular formula is C15H14O4. The minimum atomic E-state index is -1.02. The lowest BCUT2D eigenvalue weighted by Crippen LogP contribution is -2.01. The van der Waals surface area contributed by atoms with Crippen molar-refractivity contribution < 1.29 is 19.4 Å². The molecule has 0 unspecified atom stereocenters. The number of hydrogen-bond donors (Lipinski definition) is 1. The second-order valence-corrected chi connectivity index (χ2v) is 3.54. The highest BCUT2D eigenvalue weighted by Crippen LogP contribution is 2.09. The highest BCUT2D eigenvalue weighted by atomic mass is 16.5. The number of carboxylic acids is 1. The first kappa shape index (κ1) is 14.5. The number of ether oxygens (including phenoxy) is 1. The van der Waals surface area contributed by atoms with Crippen molar-refractivity contribution in [1.29, 1.82) is 0 Å². The van der Waals surface area contributed by atoms with Crippen molar-refractivity contribution in [1.82, 2.24) is 0 Å². The number of carbonyl (C=O) groups is 2. The van der Waals surface area contributed by atoms with Crippen molar-refractivity contribution in [2.45, 2.75) is 13.3 Å². The number of benzene rings is 1. The Morgan fingerprint density at radius 2 is 2.11 bits per heavy atom. The van der Waals surface area contributed by atoms with Crippen LogP contribution in [0.15, 0.2) is 30.3 Å². The standard InChI is InChI=1S/C15H14O4/c1-2-19-15(18)9-5-8-12-6-3-4-7-13(12)10-11-14(16)17/h3-4,6-7,10-11H,2,9H2,1H3,(H,16,17)/b11-10+. The third-order valence-electron chi connectivity index (χ3n) is 2.13. The molecule has 0 aliphatic rings. The zero-order chi connectivity index (χ0) is 14.1. The molecule has 0 heterocycles. The quantitative estimate of drug-likeness (QED) is 0.510. The average molecular weight is 258 g/mol. The minimum absolute atomic E-state index is 0.0187. The number of hydrogen-bond acceptors (Lipinski definition) is 3. The zero-order valence-electron chi connectivity index (χ0n) is 10.6. The van der Waals surface area contributed by atoms with Gasteiger partial charge in [-0.1, -0.05) is 30.0 Å². The van der Waals surface area contributed by atoms with Gasteiger partial charge in [0, 0.05) is 11.6 Å². The summed E-state index contributed by atoms with van der Waals surface area (Å²) in [7, 11) is 0.